The van der Waals surface area contributed by atoms with Gasteiger partial charge in [-0.2, -0.15) is 5.10 Å². The van der Waals surface area contributed by atoms with Gasteiger partial charge in [0.25, 0.3) is 0 Å². The quantitative estimate of drug-likeness (QED) is 0.901. The minimum absolute atomic E-state index is 0.165. The van der Waals surface area contributed by atoms with E-state index in [9.17, 15) is 18.4 Å². The van der Waals surface area contributed by atoms with Crippen molar-refractivity contribution in [2.75, 3.05) is 18.1 Å². The van der Waals surface area contributed by atoms with Crippen LogP contribution in [-0.2, 0) is 11.8 Å². The number of alkyl halides is 1. The predicted octanol–water partition coefficient (Wildman–Crippen LogP) is 3.01. The number of halogens is 2. The molecule has 1 atom stereocenters. The summed E-state index contributed by atoms with van der Waals surface area (Å²) in [5.74, 6) is -0.669. The van der Waals surface area contributed by atoms with E-state index in [2.05, 4.69) is 10.4 Å². The molecule has 8 heteroatoms. The number of carbonyl (C=O) groups excluding carboxylic acids is 2. The number of nitrogens with zero attached hydrogens (tertiary/aromatic N) is 3. The van der Waals surface area contributed by atoms with Gasteiger partial charge in [0.15, 0.2) is 5.82 Å². The third kappa shape index (κ3) is 3.08. The van der Waals surface area contributed by atoms with Gasteiger partial charge in [0.2, 0.25) is 5.91 Å². The zero-order valence-corrected chi connectivity index (χ0v) is 14.2. The van der Waals surface area contributed by atoms with Crippen molar-refractivity contribution in [3.63, 3.8) is 0 Å². The van der Waals surface area contributed by atoms with E-state index in [4.69, 9.17) is 0 Å². The largest absolute Gasteiger partial charge is 0.329 e. The standard InChI is InChI=1S/C17H20F2N4O2/c1-3-10(4-6-18)11-9-14-12(8-13(11)19)16(21-22(14)2)23-7-5-15(24)20-17(23)25/h8-10H,3-7H2,1-2H3,(H,20,24,25)/t10-/m1/s1. The van der Waals surface area contributed by atoms with E-state index in [1.807, 2.05) is 6.92 Å². The van der Waals surface area contributed by atoms with E-state index >= 15 is 0 Å². The Balaban J connectivity index is 2.07. The van der Waals surface area contributed by atoms with Gasteiger partial charge in [-0.25, -0.2) is 9.18 Å². The first-order chi connectivity index (χ1) is 12.0. The van der Waals surface area contributed by atoms with Crippen LogP contribution >= 0.6 is 0 Å². The van der Waals surface area contributed by atoms with Crippen LogP contribution in [0.2, 0.25) is 0 Å². The fraction of sp³-hybridized carbons (Fsp3) is 0.471. The molecule has 0 unspecified atom stereocenters. The maximum atomic E-state index is 14.7. The lowest BCUT2D eigenvalue weighted by atomic mass is 9.92. The first kappa shape index (κ1) is 17.3. The Labute approximate surface area is 143 Å². The molecular weight excluding hydrogens is 330 g/mol. The van der Waals surface area contributed by atoms with Crippen molar-refractivity contribution in [2.45, 2.75) is 32.1 Å². The summed E-state index contributed by atoms with van der Waals surface area (Å²) in [6, 6.07) is 2.46. The highest BCUT2D eigenvalue weighted by Crippen LogP contribution is 2.33. The monoisotopic (exact) mass is 350 g/mol. The summed E-state index contributed by atoms with van der Waals surface area (Å²) in [5.41, 5.74) is 1.12. The van der Waals surface area contributed by atoms with E-state index in [1.54, 1.807) is 17.8 Å². The normalized spacial score (nSPS) is 16.4. The molecule has 0 spiro atoms. The molecule has 25 heavy (non-hydrogen) atoms. The number of urea groups is 1. The van der Waals surface area contributed by atoms with Crippen LogP contribution in [0.15, 0.2) is 12.1 Å². The molecule has 1 aliphatic rings. The highest BCUT2D eigenvalue weighted by atomic mass is 19.1. The van der Waals surface area contributed by atoms with Crippen molar-refractivity contribution in [3.05, 3.63) is 23.5 Å². The van der Waals surface area contributed by atoms with Gasteiger partial charge >= 0.3 is 6.03 Å². The number of hydrogen-bond donors (Lipinski definition) is 1. The summed E-state index contributed by atoms with van der Waals surface area (Å²) >= 11 is 0. The summed E-state index contributed by atoms with van der Waals surface area (Å²) in [7, 11) is 1.70. The van der Waals surface area contributed by atoms with Crippen molar-refractivity contribution in [1.29, 1.82) is 0 Å². The van der Waals surface area contributed by atoms with E-state index in [1.165, 1.54) is 11.0 Å². The molecule has 2 aromatic rings. The number of fused-ring (bicyclic) bond motifs is 1. The lowest BCUT2D eigenvalue weighted by molar-refractivity contribution is -0.120. The van der Waals surface area contributed by atoms with Gasteiger partial charge in [-0.05, 0) is 36.5 Å². The van der Waals surface area contributed by atoms with Gasteiger partial charge in [-0.15, -0.1) is 0 Å². The second kappa shape index (κ2) is 6.78. The number of nitrogens with one attached hydrogen (secondary N) is 1. The molecule has 1 N–H and O–H groups in total. The first-order valence-corrected chi connectivity index (χ1v) is 8.29. The number of carbonyl (C=O) groups is 2. The molecule has 1 aromatic heterocycles. The van der Waals surface area contributed by atoms with E-state index in [0.29, 0.717) is 28.7 Å². The van der Waals surface area contributed by atoms with Gasteiger partial charge in [-0.3, -0.25) is 24.1 Å². The third-order valence-corrected chi connectivity index (χ3v) is 4.65. The molecule has 0 radical (unpaired) electrons. The second-order valence-electron chi connectivity index (χ2n) is 6.18. The predicted molar refractivity (Wildman–Crippen MR) is 89.8 cm³/mol. The Kier molecular flexibility index (Phi) is 4.69. The molecule has 2 heterocycles. The van der Waals surface area contributed by atoms with Crippen LogP contribution in [0.4, 0.5) is 19.4 Å². The summed E-state index contributed by atoms with van der Waals surface area (Å²) in [5, 5.41) is 7.06. The minimum Gasteiger partial charge on any atom is -0.278 e. The SMILES string of the molecule is CC[C@H](CCF)c1cc2c(cc1F)c(N1CCC(=O)NC1=O)nn2C. The summed E-state index contributed by atoms with van der Waals surface area (Å²) in [6.45, 7) is 1.59. The first-order valence-electron chi connectivity index (χ1n) is 8.29. The topological polar surface area (TPSA) is 67.2 Å². The maximum absolute atomic E-state index is 14.7. The van der Waals surface area contributed by atoms with Crippen LogP contribution in [0.25, 0.3) is 10.9 Å². The Bertz CT molecular complexity index is 834. The number of hydrogen-bond acceptors (Lipinski definition) is 3. The van der Waals surface area contributed by atoms with Gasteiger partial charge in [0, 0.05) is 25.4 Å². The average Bonchev–Trinajstić information content (AvgIpc) is 2.88. The Morgan fingerprint density at radius 1 is 1.36 bits per heavy atom. The molecule has 3 rings (SSSR count). The van der Waals surface area contributed by atoms with Crippen molar-refractivity contribution < 1.29 is 18.4 Å². The van der Waals surface area contributed by atoms with Crippen LogP contribution in [-0.4, -0.2) is 34.9 Å². The smallest absolute Gasteiger partial charge is 0.278 e. The molecule has 6 nitrogen and oxygen atoms in total. The van der Waals surface area contributed by atoms with Gasteiger partial charge < -0.3 is 0 Å². The lowest BCUT2D eigenvalue weighted by Crippen LogP contribution is -2.49. The summed E-state index contributed by atoms with van der Waals surface area (Å²) in [6.07, 6.45) is 1.06. The summed E-state index contributed by atoms with van der Waals surface area (Å²) in [4.78, 5) is 24.7. The molecule has 0 saturated carbocycles. The lowest BCUT2D eigenvalue weighted by Gasteiger charge is -2.24. The molecule has 134 valence electrons. The maximum Gasteiger partial charge on any atom is 0.329 e. The highest BCUT2D eigenvalue weighted by Gasteiger charge is 2.29. The van der Waals surface area contributed by atoms with Crippen LogP contribution in [0.5, 0.6) is 0 Å². The zero-order chi connectivity index (χ0) is 18.1. The van der Waals surface area contributed by atoms with E-state index < -0.39 is 18.5 Å². The van der Waals surface area contributed by atoms with E-state index in [0.717, 1.165) is 0 Å². The van der Waals surface area contributed by atoms with Gasteiger partial charge in [0.05, 0.1) is 12.2 Å². The number of anilines is 1. The molecule has 1 aliphatic heterocycles. The van der Waals surface area contributed by atoms with Crippen molar-refractivity contribution in [1.82, 2.24) is 15.1 Å². The number of benzene rings is 1. The van der Waals surface area contributed by atoms with Crippen LogP contribution in [0.1, 0.15) is 37.7 Å². The second-order valence-corrected chi connectivity index (χ2v) is 6.18. The molecule has 0 bridgehead atoms. The molecule has 1 saturated heterocycles. The molecule has 1 aromatic carbocycles. The molecule has 0 aliphatic carbocycles. The van der Waals surface area contributed by atoms with Crippen LogP contribution in [0, 0.1) is 5.82 Å². The summed E-state index contributed by atoms with van der Waals surface area (Å²) < 4.78 is 29.0. The van der Waals surface area contributed by atoms with Crippen LogP contribution in [0.3, 0.4) is 0 Å². The van der Waals surface area contributed by atoms with Gasteiger partial charge in [0.1, 0.15) is 5.82 Å². The number of aromatic nitrogens is 2. The Hall–Kier alpha value is -2.51. The van der Waals surface area contributed by atoms with Gasteiger partial charge in [-0.1, -0.05) is 6.92 Å². The number of aryl methyl sites for hydroxylation is 1. The van der Waals surface area contributed by atoms with Crippen molar-refractivity contribution in [2.24, 2.45) is 7.05 Å². The molecular formula is C17H20F2N4O2. The zero-order valence-electron chi connectivity index (χ0n) is 14.2. The number of imide groups is 1. The van der Waals surface area contributed by atoms with Crippen molar-refractivity contribution in [3.8, 4) is 0 Å². The third-order valence-electron chi connectivity index (χ3n) is 4.65. The average molecular weight is 350 g/mol. The highest BCUT2D eigenvalue weighted by molar-refractivity contribution is 6.08. The number of rotatable bonds is 5. The fourth-order valence-corrected chi connectivity index (χ4v) is 3.26. The van der Waals surface area contributed by atoms with Crippen molar-refractivity contribution >= 4 is 28.7 Å². The Morgan fingerprint density at radius 2 is 2.12 bits per heavy atom. The molecule has 1 fully saturated rings. The number of amides is 3. The van der Waals surface area contributed by atoms with Crippen LogP contribution < -0.4 is 10.2 Å². The molecule has 3 amide bonds. The fourth-order valence-electron chi connectivity index (χ4n) is 3.26. The Morgan fingerprint density at radius 3 is 2.76 bits per heavy atom. The van der Waals surface area contributed by atoms with E-state index in [-0.39, 0.29) is 31.2 Å². The minimum atomic E-state index is -0.565.